The third kappa shape index (κ3) is 5.43. The van der Waals surface area contributed by atoms with Gasteiger partial charge in [-0.05, 0) is 43.3 Å². The number of rotatable bonds is 6. The minimum absolute atomic E-state index is 0.0838. The molecule has 0 bridgehead atoms. The molecule has 0 radical (unpaired) electrons. The van der Waals surface area contributed by atoms with Gasteiger partial charge in [-0.1, -0.05) is 23.7 Å². The van der Waals surface area contributed by atoms with Gasteiger partial charge in [-0.2, -0.15) is 18.3 Å². The Morgan fingerprint density at radius 2 is 1.65 bits per heavy atom. The van der Waals surface area contributed by atoms with Gasteiger partial charge in [0.1, 0.15) is 0 Å². The Balaban J connectivity index is 1.94. The molecule has 0 atom stereocenters. The molecule has 162 valence electrons. The molecule has 3 rings (SSSR count). The summed E-state index contributed by atoms with van der Waals surface area (Å²) >= 11 is 5.86. The molecule has 0 saturated carbocycles. The van der Waals surface area contributed by atoms with E-state index in [0.717, 1.165) is 6.07 Å². The van der Waals surface area contributed by atoms with Crippen LogP contribution in [0.15, 0.2) is 53.6 Å². The van der Waals surface area contributed by atoms with E-state index in [4.69, 9.17) is 21.1 Å². The molecular weight excluding hydrogens is 433 g/mol. The van der Waals surface area contributed by atoms with Crippen LogP contribution in [0.25, 0.3) is 11.3 Å². The van der Waals surface area contributed by atoms with Gasteiger partial charge in [0.15, 0.2) is 17.2 Å². The predicted molar refractivity (Wildman–Crippen MR) is 113 cm³/mol. The summed E-state index contributed by atoms with van der Waals surface area (Å²) in [6, 6.07) is 12.3. The summed E-state index contributed by atoms with van der Waals surface area (Å²) in [6.45, 7) is 1.68. The van der Waals surface area contributed by atoms with Crippen molar-refractivity contribution >= 4 is 23.3 Å². The number of benzene rings is 2. The molecule has 0 aliphatic carbocycles. The van der Waals surface area contributed by atoms with E-state index in [1.54, 1.807) is 49.4 Å². The van der Waals surface area contributed by atoms with Crippen molar-refractivity contribution in [1.82, 2.24) is 9.97 Å². The number of ether oxygens (including phenoxy) is 2. The Morgan fingerprint density at radius 3 is 2.26 bits per heavy atom. The van der Waals surface area contributed by atoms with E-state index in [2.05, 4.69) is 20.5 Å². The number of hydrogen-bond donors (Lipinski definition) is 1. The van der Waals surface area contributed by atoms with Gasteiger partial charge in [0.25, 0.3) is 0 Å². The summed E-state index contributed by atoms with van der Waals surface area (Å²) in [5.74, 6) is 0.746. The van der Waals surface area contributed by atoms with Crippen molar-refractivity contribution < 1.29 is 22.6 Å². The third-order valence-electron chi connectivity index (χ3n) is 4.28. The molecule has 0 aliphatic heterocycles. The van der Waals surface area contributed by atoms with Crippen LogP contribution in [0.4, 0.5) is 19.1 Å². The minimum atomic E-state index is -4.65. The lowest BCUT2D eigenvalue weighted by molar-refractivity contribution is -0.141. The highest BCUT2D eigenvalue weighted by Gasteiger charge is 2.33. The van der Waals surface area contributed by atoms with Gasteiger partial charge in [-0.3, -0.25) is 0 Å². The SMILES string of the molecule is COc1ccc(/C(C)=N/Nc2nc(-c3ccc(Cl)cc3)cc(C(F)(F)F)n2)cc1OC. The van der Waals surface area contributed by atoms with Crippen LogP contribution in [0.1, 0.15) is 18.2 Å². The second-order valence-electron chi connectivity index (χ2n) is 6.35. The number of hydrogen-bond acceptors (Lipinski definition) is 6. The summed E-state index contributed by atoms with van der Waals surface area (Å²) in [4.78, 5) is 7.71. The van der Waals surface area contributed by atoms with Crippen LogP contribution < -0.4 is 14.9 Å². The van der Waals surface area contributed by atoms with Gasteiger partial charge in [0, 0.05) is 16.1 Å². The van der Waals surface area contributed by atoms with E-state index in [0.29, 0.717) is 33.4 Å². The Kier molecular flexibility index (Phi) is 6.65. The average molecular weight is 451 g/mol. The number of aromatic nitrogens is 2. The quantitative estimate of drug-likeness (QED) is 0.387. The fourth-order valence-electron chi connectivity index (χ4n) is 2.67. The molecule has 1 aromatic heterocycles. The zero-order chi connectivity index (χ0) is 22.6. The number of methoxy groups -OCH3 is 2. The van der Waals surface area contributed by atoms with Gasteiger partial charge in [0.2, 0.25) is 5.95 Å². The van der Waals surface area contributed by atoms with Crippen LogP contribution in [0.3, 0.4) is 0 Å². The normalized spacial score (nSPS) is 11.9. The number of anilines is 1. The predicted octanol–water partition coefficient (Wildman–Crippen LogP) is 5.67. The molecule has 0 fully saturated rings. The molecule has 2 aromatic carbocycles. The highest BCUT2D eigenvalue weighted by molar-refractivity contribution is 6.30. The summed E-state index contributed by atoms with van der Waals surface area (Å²) in [5, 5.41) is 4.58. The van der Waals surface area contributed by atoms with Gasteiger partial charge in [-0.15, -0.1) is 0 Å². The van der Waals surface area contributed by atoms with E-state index < -0.39 is 11.9 Å². The average Bonchev–Trinajstić information content (AvgIpc) is 2.76. The summed E-state index contributed by atoms with van der Waals surface area (Å²) in [6.07, 6.45) is -4.65. The smallest absolute Gasteiger partial charge is 0.433 e. The standard InChI is InChI=1S/C21H18ClF3N4O2/c1-12(14-6-9-17(30-2)18(10-14)31-3)28-29-20-26-16(11-19(27-20)21(23,24)25)13-4-7-15(22)8-5-13/h4-11H,1-3H3,(H,26,27,29)/b28-12+. The van der Waals surface area contributed by atoms with Crippen molar-refractivity contribution in [2.45, 2.75) is 13.1 Å². The lowest BCUT2D eigenvalue weighted by Crippen LogP contribution is -2.12. The molecule has 0 unspecified atom stereocenters. The first-order valence-electron chi connectivity index (χ1n) is 8.96. The van der Waals surface area contributed by atoms with E-state index in [-0.39, 0.29) is 11.6 Å². The van der Waals surface area contributed by atoms with E-state index in [9.17, 15) is 13.2 Å². The molecule has 10 heteroatoms. The van der Waals surface area contributed by atoms with Crippen LogP contribution >= 0.6 is 11.6 Å². The molecule has 3 aromatic rings. The minimum Gasteiger partial charge on any atom is -0.493 e. The maximum Gasteiger partial charge on any atom is 0.433 e. The Bertz CT molecular complexity index is 1100. The Hall–Kier alpha value is -3.33. The molecule has 1 N–H and O–H groups in total. The maximum absolute atomic E-state index is 13.3. The van der Waals surface area contributed by atoms with Crippen LogP contribution in [-0.2, 0) is 6.18 Å². The first kappa shape index (κ1) is 22.4. The highest BCUT2D eigenvalue weighted by Crippen LogP contribution is 2.32. The molecular formula is C21H18ClF3N4O2. The first-order valence-corrected chi connectivity index (χ1v) is 9.34. The van der Waals surface area contributed by atoms with Crippen LogP contribution in [0, 0.1) is 0 Å². The first-order chi connectivity index (χ1) is 14.7. The van der Waals surface area contributed by atoms with Crippen LogP contribution in [0.2, 0.25) is 5.02 Å². The third-order valence-corrected chi connectivity index (χ3v) is 4.53. The van der Waals surface area contributed by atoms with Crippen molar-refractivity contribution in [3.05, 3.63) is 64.8 Å². The fourth-order valence-corrected chi connectivity index (χ4v) is 2.80. The van der Waals surface area contributed by atoms with Crippen molar-refractivity contribution in [2.24, 2.45) is 5.10 Å². The van der Waals surface area contributed by atoms with Crippen molar-refractivity contribution in [2.75, 3.05) is 19.6 Å². The lowest BCUT2D eigenvalue weighted by Gasteiger charge is -2.11. The topological polar surface area (TPSA) is 68.6 Å². The van der Waals surface area contributed by atoms with E-state index in [1.807, 2.05) is 0 Å². The summed E-state index contributed by atoms with van der Waals surface area (Å²) in [7, 11) is 3.02. The molecule has 0 aliphatic rings. The van der Waals surface area contributed by atoms with Crippen LogP contribution in [-0.4, -0.2) is 29.9 Å². The number of hydrazone groups is 1. The second-order valence-corrected chi connectivity index (χ2v) is 6.78. The molecule has 0 amide bonds. The van der Waals surface area contributed by atoms with Gasteiger partial charge in [-0.25, -0.2) is 15.4 Å². The van der Waals surface area contributed by atoms with Crippen molar-refractivity contribution in [1.29, 1.82) is 0 Å². The summed E-state index contributed by atoms with van der Waals surface area (Å²) < 4.78 is 50.5. The summed E-state index contributed by atoms with van der Waals surface area (Å²) in [5.41, 5.74) is 3.12. The maximum atomic E-state index is 13.3. The molecule has 6 nitrogen and oxygen atoms in total. The molecule has 0 spiro atoms. The Morgan fingerprint density at radius 1 is 0.968 bits per heavy atom. The zero-order valence-electron chi connectivity index (χ0n) is 16.8. The molecule has 31 heavy (non-hydrogen) atoms. The van der Waals surface area contributed by atoms with Gasteiger partial charge < -0.3 is 9.47 Å². The number of alkyl halides is 3. The number of halogens is 4. The van der Waals surface area contributed by atoms with Crippen molar-refractivity contribution in [3.8, 4) is 22.8 Å². The Labute approximate surface area is 181 Å². The lowest BCUT2D eigenvalue weighted by atomic mass is 10.1. The van der Waals surface area contributed by atoms with E-state index >= 15 is 0 Å². The largest absolute Gasteiger partial charge is 0.493 e. The zero-order valence-corrected chi connectivity index (χ0v) is 17.5. The number of nitrogens with one attached hydrogen (secondary N) is 1. The number of nitrogens with zero attached hydrogens (tertiary/aromatic N) is 3. The highest BCUT2D eigenvalue weighted by atomic mass is 35.5. The second kappa shape index (κ2) is 9.22. The molecule has 0 saturated heterocycles. The van der Waals surface area contributed by atoms with Gasteiger partial charge in [0.05, 0.1) is 25.6 Å². The fraction of sp³-hybridized carbons (Fsp3) is 0.190. The van der Waals surface area contributed by atoms with Gasteiger partial charge >= 0.3 is 6.18 Å². The van der Waals surface area contributed by atoms with E-state index in [1.165, 1.54) is 14.2 Å². The monoisotopic (exact) mass is 450 g/mol. The molecule has 1 heterocycles. The van der Waals surface area contributed by atoms with Crippen LogP contribution in [0.5, 0.6) is 11.5 Å². The van der Waals surface area contributed by atoms with Crippen molar-refractivity contribution in [3.63, 3.8) is 0 Å².